The van der Waals surface area contributed by atoms with Gasteiger partial charge in [-0.05, 0) is 51.7 Å². The molecular weight excluding hydrogens is 382 g/mol. The Morgan fingerprint density at radius 3 is 2.44 bits per heavy atom. The van der Waals surface area contributed by atoms with E-state index >= 15 is 0 Å². The van der Waals surface area contributed by atoms with Crippen LogP contribution in [0, 0.1) is 6.92 Å². The second-order valence-corrected chi connectivity index (χ2v) is 6.37. The van der Waals surface area contributed by atoms with E-state index in [1.54, 1.807) is 21.3 Å². The second-order valence-electron chi connectivity index (χ2n) is 5.52. The Labute approximate surface area is 157 Å². The van der Waals surface area contributed by atoms with Crippen molar-refractivity contribution in [2.24, 2.45) is 4.99 Å². The zero-order valence-electron chi connectivity index (χ0n) is 15.0. The number of ether oxygens (including phenoxy) is 2. The number of halogens is 1. The van der Waals surface area contributed by atoms with Crippen LogP contribution in [0.3, 0.4) is 0 Å². The maximum absolute atomic E-state index is 5.38. The molecule has 5 nitrogen and oxygen atoms in total. The highest BCUT2D eigenvalue weighted by Gasteiger charge is 2.11. The van der Waals surface area contributed by atoms with Crippen molar-refractivity contribution >= 4 is 21.9 Å². The van der Waals surface area contributed by atoms with E-state index in [-0.39, 0.29) is 0 Å². The highest BCUT2D eigenvalue weighted by atomic mass is 79.9. The van der Waals surface area contributed by atoms with E-state index in [1.165, 1.54) is 11.1 Å². The largest absolute Gasteiger partial charge is 0.493 e. The molecule has 2 rings (SSSR count). The highest BCUT2D eigenvalue weighted by molar-refractivity contribution is 9.10. The van der Waals surface area contributed by atoms with Gasteiger partial charge in [-0.1, -0.05) is 24.3 Å². The minimum Gasteiger partial charge on any atom is -0.493 e. The number of hydrogen-bond acceptors (Lipinski definition) is 3. The van der Waals surface area contributed by atoms with Crippen LogP contribution in [0.5, 0.6) is 11.5 Å². The maximum atomic E-state index is 5.38. The molecule has 0 amide bonds. The summed E-state index contributed by atoms with van der Waals surface area (Å²) < 4.78 is 11.6. The van der Waals surface area contributed by atoms with Gasteiger partial charge in [0.25, 0.3) is 0 Å². The van der Waals surface area contributed by atoms with E-state index in [1.807, 2.05) is 24.3 Å². The first-order chi connectivity index (χ1) is 12.1. The van der Waals surface area contributed by atoms with Gasteiger partial charge >= 0.3 is 0 Å². The summed E-state index contributed by atoms with van der Waals surface area (Å²) in [6.07, 6.45) is 0. The lowest BCUT2D eigenvalue weighted by Gasteiger charge is -2.15. The van der Waals surface area contributed by atoms with Gasteiger partial charge in [0, 0.05) is 20.1 Å². The number of nitrogens with one attached hydrogen (secondary N) is 2. The molecule has 0 saturated heterocycles. The molecule has 0 heterocycles. The number of methoxy groups -OCH3 is 2. The standard InChI is InChI=1S/C19H24BrN3O2/c1-13-7-5-6-8-15(13)12-23-19(21-2)22-11-14-9-16(20)18(25-4)17(10-14)24-3/h5-10H,11-12H2,1-4H3,(H2,21,22,23). The number of guanidine groups is 1. The van der Waals surface area contributed by atoms with Crippen LogP contribution in [0.15, 0.2) is 45.9 Å². The third-order valence-electron chi connectivity index (χ3n) is 3.88. The molecule has 0 bridgehead atoms. The molecule has 2 N–H and O–H groups in total. The second kappa shape index (κ2) is 9.32. The van der Waals surface area contributed by atoms with Crippen molar-refractivity contribution in [1.82, 2.24) is 10.6 Å². The van der Waals surface area contributed by atoms with Crippen LogP contribution in [0.25, 0.3) is 0 Å². The number of nitrogens with zero attached hydrogens (tertiary/aromatic N) is 1. The molecule has 0 aliphatic rings. The third kappa shape index (κ3) is 5.13. The minimum absolute atomic E-state index is 0.617. The first-order valence-corrected chi connectivity index (χ1v) is 8.77. The van der Waals surface area contributed by atoms with Gasteiger partial charge in [0.1, 0.15) is 0 Å². The van der Waals surface area contributed by atoms with Gasteiger partial charge in [-0.25, -0.2) is 0 Å². The molecular formula is C19H24BrN3O2. The minimum atomic E-state index is 0.617. The van der Waals surface area contributed by atoms with Crippen LogP contribution in [0.4, 0.5) is 0 Å². The summed E-state index contributed by atoms with van der Waals surface area (Å²) in [7, 11) is 5.01. The Balaban J connectivity index is 1.99. The topological polar surface area (TPSA) is 54.9 Å². The Bertz CT molecular complexity index is 747. The normalized spacial score (nSPS) is 11.2. The number of rotatable bonds is 6. The van der Waals surface area contributed by atoms with E-state index < -0.39 is 0 Å². The van der Waals surface area contributed by atoms with E-state index in [2.05, 4.69) is 50.6 Å². The molecule has 0 fully saturated rings. The molecule has 6 heteroatoms. The van der Waals surface area contributed by atoms with E-state index in [4.69, 9.17) is 9.47 Å². The van der Waals surface area contributed by atoms with Gasteiger partial charge in [0.2, 0.25) is 0 Å². The molecule has 0 aliphatic carbocycles. The summed E-state index contributed by atoms with van der Waals surface area (Å²) in [4.78, 5) is 4.27. The Kier molecular flexibility index (Phi) is 7.13. The van der Waals surface area contributed by atoms with Crippen LogP contribution in [-0.4, -0.2) is 27.2 Å². The van der Waals surface area contributed by atoms with Gasteiger partial charge in [-0.2, -0.15) is 0 Å². The molecule has 2 aromatic rings. The SMILES string of the molecule is CN=C(NCc1cc(Br)c(OC)c(OC)c1)NCc1ccccc1C. The monoisotopic (exact) mass is 405 g/mol. The lowest BCUT2D eigenvalue weighted by molar-refractivity contribution is 0.352. The van der Waals surface area contributed by atoms with Gasteiger partial charge in [-0.3, -0.25) is 4.99 Å². The summed E-state index contributed by atoms with van der Waals surface area (Å²) in [6.45, 7) is 3.45. The number of benzene rings is 2. The Morgan fingerprint density at radius 1 is 1.08 bits per heavy atom. The number of aryl methyl sites for hydroxylation is 1. The smallest absolute Gasteiger partial charge is 0.191 e. The highest BCUT2D eigenvalue weighted by Crippen LogP contribution is 2.36. The van der Waals surface area contributed by atoms with Crippen molar-refractivity contribution in [3.8, 4) is 11.5 Å². The van der Waals surface area contributed by atoms with Crippen molar-refractivity contribution in [1.29, 1.82) is 0 Å². The van der Waals surface area contributed by atoms with Crippen molar-refractivity contribution in [2.75, 3.05) is 21.3 Å². The van der Waals surface area contributed by atoms with E-state index in [0.29, 0.717) is 18.0 Å². The molecule has 2 aromatic carbocycles. The van der Waals surface area contributed by atoms with Gasteiger partial charge in [0.05, 0.1) is 18.7 Å². The van der Waals surface area contributed by atoms with Gasteiger partial charge < -0.3 is 20.1 Å². The van der Waals surface area contributed by atoms with Gasteiger partial charge in [0.15, 0.2) is 17.5 Å². The van der Waals surface area contributed by atoms with Crippen LogP contribution in [0.1, 0.15) is 16.7 Å². The lowest BCUT2D eigenvalue weighted by atomic mass is 10.1. The zero-order valence-corrected chi connectivity index (χ0v) is 16.6. The predicted molar refractivity (Wildman–Crippen MR) is 105 cm³/mol. The maximum Gasteiger partial charge on any atom is 0.191 e. The first kappa shape index (κ1) is 19.1. The predicted octanol–water partition coefficient (Wildman–Crippen LogP) is 3.64. The number of hydrogen-bond donors (Lipinski definition) is 2. The molecule has 0 saturated carbocycles. The quantitative estimate of drug-likeness (QED) is 0.568. The zero-order chi connectivity index (χ0) is 18.2. The summed E-state index contributed by atoms with van der Waals surface area (Å²) in [5.41, 5.74) is 3.57. The van der Waals surface area contributed by atoms with Crippen LogP contribution >= 0.6 is 15.9 Å². The fourth-order valence-electron chi connectivity index (χ4n) is 2.47. The van der Waals surface area contributed by atoms with Crippen molar-refractivity contribution in [2.45, 2.75) is 20.0 Å². The summed E-state index contributed by atoms with van der Waals surface area (Å²) in [6, 6.07) is 12.3. The molecule has 0 atom stereocenters. The molecule has 134 valence electrons. The van der Waals surface area contributed by atoms with Crippen LogP contribution in [-0.2, 0) is 13.1 Å². The van der Waals surface area contributed by atoms with E-state index in [0.717, 1.165) is 22.5 Å². The molecule has 0 radical (unpaired) electrons. The summed E-state index contributed by atoms with van der Waals surface area (Å²) >= 11 is 3.51. The molecule has 25 heavy (non-hydrogen) atoms. The fourth-order valence-corrected chi connectivity index (χ4v) is 3.12. The van der Waals surface area contributed by atoms with E-state index in [9.17, 15) is 0 Å². The van der Waals surface area contributed by atoms with Gasteiger partial charge in [-0.15, -0.1) is 0 Å². The fraction of sp³-hybridized carbons (Fsp3) is 0.316. The van der Waals surface area contributed by atoms with Crippen LogP contribution < -0.4 is 20.1 Å². The van der Waals surface area contributed by atoms with Crippen molar-refractivity contribution < 1.29 is 9.47 Å². The Morgan fingerprint density at radius 2 is 1.80 bits per heavy atom. The molecule has 0 aliphatic heterocycles. The third-order valence-corrected chi connectivity index (χ3v) is 4.47. The first-order valence-electron chi connectivity index (χ1n) is 7.98. The summed E-state index contributed by atoms with van der Waals surface area (Å²) in [5, 5.41) is 6.65. The average molecular weight is 406 g/mol. The average Bonchev–Trinajstić information content (AvgIpc) is 2.62. The molecule has 0 spiro atoms. The van der Waals surface area contributed by atoms with Crippen molar-refractivity contribution in [3.05, 3.63) is 57.6 Å². The van der Waals surface area contributed by atoms with Crippen molar-refractivity contribution in [3.63, 3.8) is 0 Å². The Hall–Kier alpha value is -2.21. The molecule has 0 aromatic heterocycles. The summed E-state index contributed by atoms with van der Waals surface area (Å²) in [5.74, 6) is 2.12. The number of aliphatic imine (C=N–C) groups is 1. The lowest BCUT2D eigenvalue weighted by Crippen LogP contribution is -2.36. The van der Waals surface area contributed by atoms with Crippen LogP contribution in [0.2, 0.25) is 0 Å². The molecule has 0 unspecified atom stereocenters.